The van der Waals surface area contributed by atoms with E-state index in [1.165, 1.54) is 4.90 Å². The lowest BCUT2D eigenvalue weighted by atomic mass is 9.81. The van der Waals surface area contributed by atoms with Gasteiger partial charge in [0.1, 0.15) is 0 Å². The molecule has 0 saturated carbocycles. The Morgan fingerprint density at radius 3 is 2.16 bits per heavy atom. The summed E-state index contributed by atoms with van der Waals surface area (Å²) in [7, 11) is 0. The monoisotopic (exact) mass is 283 g/mol. The largest absolute Gasteiger partial charge is 0.373 e. The summed E-state index contributed by atoms with van der Waals surface area (Å²) in [6.45, 7) is 6.99. The highest BCUT2D eigenvalue weighted by molar-refractivity contribution is 8.00. The lowest BCUT2D eigenvalue weighted by Gasteiger charge is -2.21. The predicted octanol–water partition coefficient (Wildman–Crippen LogP) is 1.68. The van der Waals surface area contributed by atoms with Gasteiger partial charge in [-0.15, -0.1) is 0 Å². The first-order chi connectivity index (χ1) is 8.88. The van der Waals surface area contributed by atoms with Gasteiger partial charge in [-0.05, 0) is 12.8 Å². The Balaban J connectivity index is 1.65. The zero-order valence-electron chi connectivity index (χ0n) is 11.7. The first kappa shape index (κ1) is 13.4. The Morgan fingerprint density at radius 1 is 1.16 bits per heavy atom. The van der Waals surface area contributed by atoms with Crippen molar-refractivity contribution in [3.05, 3.63) is 0 Å². The Kier molecular flexibility index (Phi) is 3.17. The molecule has 2 bridgehead atoms. The smallest absolute Gasteiger partial charge is 0.235 e. The van der Waals surface area contributed by atoms with Crippen molar-refractivity contribution in [3.63, 3.8) is 0 Å². The maximum Gasteiger partial charge on any atom is 0.235 e. The van der Waals surface area contributed by atoms with E-state index in [9.17, 15) is 9.59 Å². The molecule has 4 nitrogen and oxygen atoms in total. The van der Waals surface area contributed by atoms with Gasteiger partial charge >= 0.3 is 0 Å². The molecule has 3 saturated heterocycles. The van der Waals surface area contributed by atoms with Crippen LogP contribution < -0.4 is 0 Å². The van der Waals surface area contributed by atoms with Crippen LogP contribution in [0.5, 0.6) is 0 Å². The number of hydrogen-bond acceptors (Lipinski definition) is 4. The minimum Gasteiger partial charge on any atom is -0.373 e. The summed E-state index contributed by atoms with van der Waals surface area (Å²) < 4.78 is 5.88. The number of ether oxygens (including phenoxy) is 1. The molecule has 3 aliphatic rings. The van der Waals surface area contributed by atoms with Gasteiger partial charge in [0.25, 0.3) is 0 Å². The summed E-state index contributed by atoms with van der Waals surface area (Å²) >= 11 is 1.79. The van der Waals surface area contributed by atoms with Crippen LogP contribution in [0, 0.1) is 11.8 Å². The lowest BCUT2D eigenvalue weighted by molar-refractivity contribution is -0.142. The van der Waals surface area contributed by atoms with Crippen LogP contribution in [0.2, 0.25) is 0 Å². The average Bonchev–Trinajstić information content (AvgIpc) is 2.96. The maximum atomic E-state index is 12.4. The fourth-order valence-electron chi connectivity index (χ4n) is 3.44. The van der Waals surface area contributed by atoms with Gasteiger partial charge in [0.2, 0.25) is 11.8 Å². The van der Waals surface area contributed by atoms with Gasteiger partial charge in [0.05, 0.1) is 24.0 Å². The van der Waals surface area contributed by atoms with E-state index >= 15 is 0 Å². The molecule has 0 unspecified atom stereocenters. The van der Waals surface area contributed by atoms with Crippen LogP contribution in [0.3, 0.4) is 0 Å². The van der Waals surface area contributed by atoms with Crippen LogP contribution in [0.15, 0.2) is 0 Å². The van der Waals surface area contributed by atoms with Crippen molar-refractivity contribution >= 4 is 23.6 Å². The van der Waals surface area contributed by atoms with Crippen molar-refractivity contribution in [1.82, 2.24) is 4.90 Å². The highest BCUT2D eigenvalue weighted by Gasteiger charge is 2.62. The first-order valence-corrected chi connectivity index (χ1v) is 8.02. The molecule has 106 valence electrons. The maximum absolute atomic E-state index is 12.4. The second kappa shape index (κ2) is 4.48. The Hall–Kier alpha value is -0.550. The second-order valence-electron chi connectivity index (χ2n) is 6.63. The van der Waals surface area contributed by atoms with Crippen molar-refractivity contribution in [2.45, 2.75) is 50.6 Å². The fourth-order valence-corrected chi connectivity index (χ4v) is 4.32. The van der Waals surface area contributed by atoms with Crippen LogP contribution >= 0.6 is 11.8 Å². The summed E-state index contributed by atoms with van der Waals surface area (Å²) in [5, 5.41) is 0. The Morgan fingerprint density at radius 2 is 1.68 bits per heavy atom. The predicted molar refractivity (Wildman–Crippen MR) is 73.8 cm³/mol. The molecule has 4 atom stereocenters. The molecule has 19 heavy (non-hydrogen) atoms. The summed E-state index contributed by atoms with van der Waals surface area (Å²) in [5.41, 5.74) is 0. The van der Waals surface area contributed by atoms with Crippen molar-refractivity contribution < 1.29 is 14.3 Å². The number of hydrogen-bond donors (Lipinski definition) is 0. The Labute approximate surface area is 118 Å². The van der Waals surface area contributed by atoms with Crippen LogP contribution in [0.25, 0.3) is 0 Å². The van der Waals surface area contributed by atoms with E-state index < -0.39 is 0 Å². The lowest BCUT2D eigenvalue weighted by Crippen LogP contribution is -2.36. The highest BCUT2D eigenvalue weighted by Crippen LogP contribution is 2.48. The SMILES string of the molecule is CC(C)(C)SCCN1C(=O)[C@@H]2[C@H](C1=O)[C@H]1CC[C@@H]2O1. The van der Waals surface area contributed by atoms with E-state index in [1.54, 1.807) is 11.8 Å². The van der Waals surface area contributed by atoms with Crippen LogP contribution in [0.4, 0.5) is 0 Å². The molecule has 3 rings (SSSR count). The number of rotatable bonds is 3. The van der Waals surface area contributed by atoms with Crippen molar-refractivity contribution in [3.8, 4) is 0 Å². The summed E-state index contributed by atoms with van der Waals surface area (Å²) in [6.07, 6.45) is 1.89. The number of fused-ring (bicyclic) bond motifs is 5. The molecule has 0 aromatic heterocycles. The summed E-state index contributed by atoms with van der Waals surface area (Å²) in [6, 6.07) is 0. The summed E-state index contributed by atoms with van der Waals surface area (Å²) in [5.74, 6) is 0.488. The number of carbonyl (C=O) groups is 2. The minimum absolute atomic E-state index is 0.00622. The molecule has 0 N–H and O–H groups in total. The van der Waals surface area contributed by atoms with Gasteiger partial charge in [-0.2, -0.15) is 11.8 Å². The van der Waals surface area contributed by atoms with E-state index in [4.69, 9.17) is 4.74 Å². The van der Waals surface area contributed by atoms with Crippen LogP contribution in [-0.4, -0.2) is 46.0 Å². The molecule has 0 spiro atoms. The first-order valence-electron chi connectivity index (χ1n) is 7.03. The number of amides is 2. The van der Waals surface area contributed by atoms with E-state index in [0.717, 1.165) is 18.6 Å². The summed E-state index contributed by atoms with van der Waals surface area (Å²) in [4.78, 5) is 26.2. The van der Waals surface area contributed by atoms with E-state index in [2.05, 4.69) is 20.8 Å². The van der Waals surface area contributed by atoms with Crippen molar-refractivity contribution in [2.75, 3.05) is 12.3 Å². The normalized spacial score (nSPS) is 37.3. The van der Waals surface area contributed by atoms with E-state index in [1.807, 2.05) is 0 Å². The number of imide groups is 1. The molecular formula is C14H21NO3S. The molecular weight excluding hydrogens is 262 g/mol. The zero-order valence-corrected chi connectivity index (χ0v) is 12.5. The number of carbonyl (C=O) groups excluding carboxylic acids is 2. The minimum atomic E-state index is -0.175. The average molecular weight is 283 g/mol. The van der Waals surface area contributed by atoms with Gasteiger partial charge < -0.3 is 4.74 Å². The number of likely N-dealkylation sites (tertiary alicyclic amines) is 1. The number of thioether (sulfide) groups is 1. The Bertz CT molecular complexity index is 389. The standard InChI is InChI=1S/C14H21NO3S/c1-14(2,3)19-7-6-15-12(16)10-8-4-5-9(18-8)11(10)13(15)17/h8-11H,4-7H2,1-3H3/t8-,9+,10-,11+. The topological polar surface area (TPSA) is 46.6 Å². The molecule has 2 amide bonds. The molecule has 0 aliphatic carbocycles. The van der Waals surface area contributed by atoms with Crippen LogP contribution in [0.1, 0.15) is 33.6 Å². The van der Waals surface area contributed by atoms with Crippen molar-refractivity contribution in [1.29, 1.82) is 0 Å². The third-order valence-electron chi connectivity index (χ3n) is 4.23. The third-order valence-corrected chi connectivity index (χ3v) is 5.48. The third kappa shape index (κ3) is 2.21. The van der Waals surface area contributed by atoms with Gasteiger partial charge in [-0.3, -0.25) is 14.5 Å². The highest BCUT2D eigenvalue weighted by atomic mass is 32.2. The number of nitrogens with zero attached hydrogens (tertiary/aromatic N) is 1. The molecule has 0 aromatic rings. The van der Waals surface area contributed by atoms with Crippen LogP contribution in [-0.2, 0) is 14.3 Å². The quantitative estimate of drug-likeness (QED) is 0.739. The molecule has 0 radical (unpaired) electrons. The molecule has 0 aromatic carbocycles. The molecule has 3 fully saturated rings. The van der Waals surface area contributed by atoms with Crippen molar-refractivity contribution in [2.24, 2.45) is 11.8 Å². The van der Waals surface area contributed by atoms with E-state index in [-0.39, 0.29) is 40.6 Å². The second-order valence-corrected chi connectivity index (χ2v) is 8.55. The molecule has 5 heteroatoms. The van der Waals surface area contributed by atoms with Gasteiger partial charge in [-0.25, -0.2) is 0 Å². The zero-order chi connectivity index (χ0) is 13.8. The molecule has 3 aliphatic heterocycles. The van der Waals surface area contributed by atoms with E-state index in [0.29, 0.717) is 6.54 Å². The fraction of sp³-hybridized carbons (Fsp3) is 0.857. The van der Waals surface area contributed by atoms with Gasteiger partial charge in [0.15, 0.2) is 0 Å². The van der Waals surface area contributed by atoms with Gasteiger partial charge in [-0.1, -0.05) is 20.8 Å². The molecule has 3 heterocycles. The van der Waals surface area contributed by atoms with Gasteiger partial charge in [0, 0.05) is 17.0 Å².